The van der Waals surface area contributed by atoms with Crippen LogP contribution in [0.2, 0.25) is 0 Å². The first-order valence-corrected chi connectivity index (χ1v) is 3.62. The Labute approximate surface area is 78.5 Å². The van der Waals surface area contributed by atoms with E-state index in [1.165, 1.54) is 0 Å². The number of alkyl halides is 3. The molecule has 0 N–H and O–H groups in total. The molecule has 0 aliphatic heterocycles. The maximum Gasteiger partial charge on any atom is 0.366 e. The summed E-state index contributed by atoms with van der Waals surface area (Å²) in [5.41, 5.74) is 0. The van der Waals surface area contributed by atoms with E-state index in [0.29, 0.717) is 0 Å². The lowest BCUT2D eigenvalue weighted by molar-refractivity contribution is -0.158. The van der Waals surface area contributed by atoms with Crippen LogP contribution in [0.25, 0.3) is 0 Å². The Kier molecular flexibility index (Phi) is 4.14. The highest BCUT2D eigenvalue weighted by atomic mass is 35.6. The first-order chi connectivity index (χ1) is 4.88. The largest absolute Gasteiger partial charge is 0.390 e. The normalized spacial score (nSPS) is 10.9. The van der Waals surface area contributed by atoms with Gasteiger partial charge in [0.15, 0.2) is 0 Å². The lowest BCUT2D eigenvalue weighted by Gasteiger charge is -2.07. The second-order valence-electron chi connectivity index (χ2n) is 1.51. The van der Waals surface area contributed by atoms with Gasteiger partial charge in [0, 0.05) is 6.42 Å². The number of esters is 2. The van der Waals surface area contributed by atoms with Crippen molar-refractivity contribution >= 4 is 46.7 Å². The minimum atomic E-state index is -2.20. The summed E-state index contributed by atoms with van der Waals surface area (Å²) < 4.78 is 1.82. The van der Waals surface area contributed by atoms with Gasteiger partial charge in [-0.25, -0.2) is 4.79 Å². The van der Waals surface area contributed by atoms with Crippen LogP contribution in [0.5, 0.6) is 0 Å². The lowest BCUT2D eigenvalue weighted by Crippen LogP contribution is -2.24. The molecule has 1 radical (unpaired) electrons. The van der Waals surface area contributed by atoms with Crippen molar-refractivity contribution in [2.45, 2.75) is 10.2 Å². The van der Waals surface area contributed by atoms with E-state index in [4.69, 9.17) is 34.8 Å². The van der Waals surface area contributed by atoms with Crippen molar-refractivity contribution in [1.82, 2.24) is 0 Å². The minimum absolute atomic E-state index is 0.188. The van der Waals surface area contributed by atoms with Gasteiger partial charge in [-0.1, -0.05) is 34.8 Å². The molecule has 0 heterocycles. The van der Waals surface area contributed by atoms with E-state index >= 15 is 0 Å². The number of rotatable bonds is 1. The maximum atomic E-state index is 10.6. The van der Waals surface area contributed by atoms with Crippen LogP contribution in [0.1, 0.15) is 6.42 Å². The molecule has 0 rings (SSSR count). The van der Waals surface area contributed by atoms with Gasteiger partial charge in [-0.2, -0.15) is 0 Å². The van der Waals surface area contributed by atoms with Gasteiger partial charge in [-0.3, -0.25) is 4.79 Å². The quantitative estimate of drug-likeness (QED) is 0.382. The molecule has 63 valence electrons. The zero-order chi connectivity index (χ0) is 9.07. The molecule has 0 bridgehead atoms. The number of carbonyl (C=O) groups excluding carboxylic acids is 2. The summed E-state index contributed by atoms with van der Waals surface area (Å²) in [7, 11) is 0. The van der Waals surface area contributed by atoms with Crippen molar-refractivity contribution in [3.05, 3.63) is 6.92 Å². The monoisotopic (exact) mass is 217 g/mol. The number of carbonyl (C=O) groups is 2. The molecule has 6 heteroatoms. The smallest absolute Gasteiger partial charge is 0.366 e. The Morgan fingerprint density at radius 1 is 1.36 bits per heavy atom. The van der Waals surface area contributed by atoms with Gasteiger partial charge in [0.1, 0.15) is 0 Å². The fraction of sp³-hybridized carbons (Fsp3) is 0.400. The van der Waals surface area contributed by atoms with Gasteiger partial charge >= 0.3 is 11.9 Å². The Hall–Kier alpha value is 0.01000. The third-order valence-corrected chi connectivity index (χ3v) is 1.11. The fourth-order valence-electron chi connectivity index (χ4n) is 0.212. The number of ether oxygens (including phenoxy) is 1. The molecule has 0 aromatic carbocycles. The molecule has 0 aromatic rings. The topological polar surface area (TPSA) is 43.4 Å². The summed E-state index contributed by atoms with van der Waals surface area (Å²) in [4.78, 5) is 21.0. The van der Waals surface area contributed by atoms with Crippen LogP contribution in [-0.4, -0.2) is 15.7 Å². The van der Waals surface area contributed by atoms with E-state index in [1.54, 1.807) is 0 Å². The second-order valence-corrected chi connectivity index (χ2v) is 3.79. The van der Waals surface area contributed by atoms with E-state index in [-0.39, 0.29) is 6.42 Å². The molecule has 0 amide bonds. The summed E-state index contributed by atoms with van der Waals surface area (Å²) in [6, 6.07) is 0. The first-order valence-electron chi connectivity index (χ1n) is 2.49. The van der Waals surface area contributed by atoms with Crippen molar-refractivity contribution in [3.8, 4) is 0 Å². The zero-order valence-corrected chi connectivity index (χ0v) is 7.54. The fourth-order valence-corrected chi connectivity index (χ4v) is 0.328. The zero-order valence-electron chi connectivity index (χ0n) is 5.27. The molecule has 0 spiro atoms. The Morgan fingerprint density at radius 2 is 1.82 bits per heavy atom. The van der Waals surface area contributed by atoms with E-state index in [2.05, 4.69) is 11.7 Å². The van der Waals surface area contributed by atoms with Crippen LogP contribution in [0, 0.1) is 6.92 Å². The van der Waals surface area contributed by atoms with Crippen LogP contribution >= 0.6 is 34.8 Å². The van der Waals surface area contributed by atoms with Crippen molar-refractivity contribution < 1.29 is 14.3 Å². The van der Waals surface area contributed by atoms with Gasteiger partial charge in [-0.05, 0) is 6.92 Å². The third-order valence-electron chi connectivity index (χ3n) is 0.642. The predicted molar refractivity (Wildman–Crippen MR) is 41.4 cm³/mol. The van der Waals surface area contributed by atoms with Gasteiger partial charge in [0.25, 0.3) is 3.79 Å². The molecule has 0 saturated heterocycles. The Bertz CT molecular complexity index is 172. The minimum Gasteiger partial charge on any atom is -0.390 e. The molecule has 0 aliphatic rings. The number of hydrogen-bond donors (Lipinski definition) is 0. The molecular weight excluding hydrogens is 214 g/mol. The second kappa shape index (κ2) is 4.14. The SMILES string of the molecule is [CH2]CC(=O)OC(=O)C(Cl)(Cl)Cl. The molecule has 0 atom stereocenters. The lowest BCUT2D eigenvalue weighted by atomic mass is 10.5. The summed E-state index contributed by atoms with van der Waals surface area (Å²) >= 11 is 15.2. The average Bonchev–Trinajstić information content (AvgIpc) is 1.85. The van der Waals surface area contributed by atoms with Gasteiger partial charge in [-0.15, -0.1) is 0 Å². The standard InChI is InChI=1S/C5H4Cl3O3/c1-2-3(9)11-4(10)5(6,7)8/h1-2H2. The summed E-state index contributed by atoms with van der Waals surface area (Å²) in [6.45, 7) is 3.16. The number of halogens is 3. The van der Waals surface area contributed by atoms with Crippen molar-refractivity contribution in [1.29, 1.82) is 0 Å². The van der Waals surface area contributed by atoms with E-state index < -0.39 is 15.7 Å². The van der Waals surface area contributed by atoms with Crippen molar-refractivity contribution in [2.75, 3.05) is 0 Å². The van der Waals surface area contributed by atoms with Gasteiger partial charge in [0.05, 0.1) is 0 Å². The summed E-state index contributed by atoms with van der Waals surface area (Å²) in [5, 5.41) is 0. The summed E-state index contributed by atoms with van der Waals surface area (Å²) in [6.07, 6.45) is -0.188. The molecule has 0 aliphatic carbocycles. The van der Waals surface area contributed by atoms with E-state index in [1.807, 2.05) is 0 Å². The molecule has 0 saturated carbocycles. The Morgan fingerprint density at radius 3 is 2.09 bits per heavy atom. The molecule has 11 heavy (non-hydrogen) atoms. The molecule has 3 nitrogen and oxygen atoms in total. The van der Waals surface area contributed by atoms with Crippen LogP contribution in [0.4, 0.5) is 0 Å². The third kappa shape index (κ3) is 4.45. The van der Waals surface area contributed by atoms with Crippen LogP contribution < -0.4 is 0 Å². The highest BCUT2D eigenvalue weighted by Crippen LogP contribution is 2.27. The highest BCUT2D eigenvalue weighted by molar-refractivity contribution is 6.75. The first kappa shape index (κ1) is 11.0. The van der Waals surface area contributed by atoms with Gasteiger partial charge in [0.2, 0.25) is 0 Å². The Balaban J connectivity index is 3.99. The van der Waals surface area contributed by atoms with Crippen LogP contribution in [0.15, 0.2) is 0 Å². The van der Waals surface area contributed by atoms with Crippen molar-refractivity contribution in [3.63, 3.8) is 0 Å². The molecule has 0 unspecified atom stereocenters. The van der Waals surface area contributed by atoms with E-state index in [0.717, 1.165) is 0 Å². The van der Waals surface area contributed by atoms with Crippen LogP contribution in [0.3, 0.4) is 0 Å². The molecule has 0 fully saturated rings. The average molecular weight is 218 g/mol. The maximum absolute atomic E-state index is 10.6. The number of hydrogen-bond acceptors (Lipinski definition) is 3. The molecule has 0 aromatic heterocycles. The van der Waals surface area contributed by atoms with Gasteiger partial charge < -0.3 is 4.74 Å². The molecular formula is C5H4Cl3O3. The predicted octanol–water partition coefficient (Wildman–Crippen LogP) is 1.65. The van der Waals surface area contributed by atoms with E-state index in [9.17, 15) is 9.59 Å². The highest BCUT2D eigenvalue weighted by Gasteiger charge is 2.34. The van der Waals surface area contributed by atoms with Crippen molar-refractivity contribution in [2.24, 2.45) is 0 Å². The van der Waals surface area contributed by atoms with Crippen LogP contribution in [-0.2, 0) is 14.3 Å². The summed E-state index contributed by atoms with van der Waals surface area (Å²) in [5.74, 6) is -2.04.